The number of methoxy groups -OCH3 is 1. The van der Waals surface area contributed by atoms with Crippen molar-refractivity contribution in [2.24, 2.45) is 5.92 Å². The van der Waals surface area contributed by atoms with Crippen molar-refractivity contribution >= 4 is 0 Å². The van der Waals surface area contributed by atoms with Gasteiger partial charge in [0.15, 0.2) is 0 Å². The zero-order valence-corrected chi connectivity index (χ0v) is 11.9. The number of hydrogen-bond acceptors (Lipinski definition) is 3. The second kappa shape index (κ2) is 8.31. The Morgan fingerprint density at radius 2 is 2.11 bits per heavy atom. The monoisotopic (exact) mass is 263 g/mol. The fourth-order valence-electron chi connectivity index (χ4n) is 2.06. The van der Waals surface area contributed by atoms with E-state index in [4.69, 9.17) is 9.47 Å². The number of nitrogens with one attached hydrogen (secondary N) is 1. The van der Waals surface area contributed by atoms with Crippen LogP contribution in [0.25, 0.3) is 0 Å². The molecule has 1 aliphatic carbocycles. The van der Waals surface area contributed by atoms with Gasteiger partial charge in [0.1, 0.15) is 0 Å². The third kappa shape index (κ3) is 6.19. The number of ether oxygens (including phenoxy) is 2. The molecular weight excluding hydrogens is 238 g/mol. The van der Waals surface area contributed by atoms with E-state index in [0.29, 0.717) is 6.61 Å². The quantitative estimate of drug-likeness (QED) is 0.658. The molecule has 3 heteroatoms. The van der Waals surface area contributed by atoms with Crippen LogP contribution in [0.1, 0.15) is 30.4 Å². The molecule has 1 saturated carbocycles. The number of rotatable bonds is 10. The normalized spacial score (nSPS) is 14.8. The summed E-state index contributed by atoms with van der Waals surface area (Å²) in [7, 11) is 1.73. The number of hydrogen-bond donors (Lipinski definition) is 1. The SMILES string of the molecule is COCc1cccc(CNCCCOCC2CC2)c1. The molecule has 1 aromatic rings. The molecule has 1 N–H and O–H groups in total. The van der Waals surface area contributed by atoms with E-state index < -0.39 is 0 Å². The van der Waals surface area contributed by atoms with E-state index in [9.17, 15) is 0 Å². The van der Waals surface area contributed by atoms with Crippen LogP contribution in [0.3, 0.4) is 0 Å². The summed E-state index contributed by atoms with van der Waals surface area (Å²) in [6.07, 6.45) is 3.83. The van der Waals surface area contributed by atoms with E-state index in [1.54, 1.807) is 7.11 Å². The van der Waals surface area contributed by atoms with E-state index in [2.05, 4.69) is 29.6 Å². The molecule has 0 bridgehead atoms. The zero-order chi connectivity index (χ0) is 13.3. The van der Waals surface area contributed by atoms with E-state index >= 15 is 0 Å². The average molecular weight is 263 g/mol. The Bertz CT molecular complexity index is 364. The van der Waals surface area contributed by atoms with Crippen LogP contribution in [-0.4, -0.2) is 26.9 Å². The summed E-state index contributed by atoms with van der Waals surface area (Å²) in [6.45, 7) is 4.47. The molecule has 106 valence electrons. The minimum atomic E-state index is 0.683. The van der Waals surface area contributed by atoms with Gasteiger partial charge in [-0.2, -0.15) is 0 Å². The summed E-state index contributed by atoms with van der Waals surface area (Å²) in [5.41, 5.74) is 2.54. The average Bonchev–Trinajstić information content (AvgIpc) is 3.23. The zero-order valence-electron chi connectivity index (χ0n) is 11.9. The van der Waals surface area contributed by atoms with Crippen LogP contribution in [0.2, 0.25) is 0 Å². The highest BCUT2D eigenvalue weighted by molar-refractivity contribution is 5.22. The fraction of sp³-hybridized carbons (Fsp3) is 0.625. The first-order chi connectivity index (χ1) is 9.38. The lowest BCUT2D eigenvalue weighted by molar-refractivity contribution is 0.122. The first-order valence-corrected chi connectivity index (χ1v) is 7.23. The summed E-state index contributed by atoms with van der Waals surface area (Å²) in [6, 6.07) is 8.53. The van der Waals surface area contributed by atoms with E-state index in [0.717, 1.165) is 38.6 Å². The lowest BCUT2D eigenvalue weighted by Crippen LogP contribution is -2.16. The van der Waals surface area contributed by atoms with Crippen molar-refractivity contribution in [1.29, 1.82) is 0 Å². The second-order valence-corrected chi connectivity index (χ2v) is 5.30. The minimum Gasteiger partial charge on any atom is -0.381 e. The predicted octanol–water partition coefficient (Wildman–Crippen LogP) is 2.74. The maximum Gasteiger partial charge on any atom is 0.0713 e. The lowest BCUT2D eigenvalue weighted by atomic mass is 10.1. The first kappa shape index (κ1) is 14.5. The summed E-state index contributed by atoms with van der Waals surface area (Å²) in [5.74, 6) is 0.872. The molecule has 0 heterocycles. The van der Waals surface area contributed by atoms with Gasteiger partial charge in [-0.1, -0.05) is 24.3 Å². The van der Waals surface area contributed by atoms with Gasteiger partial charge < -0.3 is 14.8 Å². The van der Waals surface area contributed by atoms with Crippen LogP contribution >= 0.6 is 0 Å². The van der Waals surface area contributed by atoms with Gasteiger partial charge in [0.05, 0.1) is 6.61 Å². The van der Waals surface area contributed by atoms with Crippen molar-refractivity contribution < 1.29 is 9.47 Å². The Morgan fingerprint density at radius 3 is 2.89 bits per heavy atom. The molecule has 1 fully saturated rings. The highest BCUT2D eigenvalue weighted by Gasteiger charge is 2.20. The van der Waals surface area contributed by atoms with Crippen molar-refractivity contribution in [3.05, 3.63) is 35.4 Å². The first-order valence-electron chi connectivity index (χ1n) is 7.23. The molecule has 1 aliphatic rings. The summed E-state index contributed by atoms with van der Waals surface area (Å²) in [5, 5.41) is 3.45. The van der Waals surface area contributed by atoms with Gasteiger partial charge in [-0.05, 0) is 42.9 Å². The summed E-state index contributed by atoms with van der Waals surface area (Å²) in [4.78, 5) is 0. The molecule has 0 unspecified atom stereocenters. The van der Waals surface area contributed by atoms with Crippen molar-refractivity contribution in [3.63, 3.8) is 0 Å². The maximum absolute atomic E-state index is 5.60. The smallest absolute Gasteiger partial charge is 0.0713 e. The fourth-order valence-corrected chi connectivity index (χ4v) is 2.06. The maximum atomic E-state index is 5.60. The van der Waals surface area contributed by atoms with Crippen molar-refractivity contribution in [3.8, 4) is 0 Å². The molecule has 0 aromatic heterocycles. The minimum absolute atomic E-state index is 0.683. The van der Waals surface area contributed by atoms with Crippen LogP contribution in [-0.2, 0) is 22.6 Å². The molecule has 2 rings (SSSR count). The third-order valence-electron chi connectivity index (χ3n) is 3.32. The Balaban J connectivity index is 1.52. The Hall–Kier alpha value is -0.900. The van der Waals surface area contributed by atoms with Crippen LogP contribution in [0.4, 0.5) is 0 Å². The van der Waals surface area contributed by atoms with Gasteiger partial charge in [0.2, 0.25) is 0 Å². The highest BCUT2D eigenvalue weighted by atomic mass is 16.5. The molecule has 0 spiro atoms. The van der Waals surface area contributed by atoms with Gasteiger partial charge in [-0.25, -0.2) is 0 Å². The van der Waals surface area contributed by atoms with E-state index in [1.807, 2.05) is 0 Å². The van der Waals surface area contributed by atoms with Gasteiger partial charge in [0, 0.05) is 26.9 Å². The molecule has 0 aliphatic heterocycles. The number of benzene rings is 1. The van der Waals surface area contributed by atoms with Gasteiger partial charge in [-0.3, -0.25) is 0 Å². The van der Waals surface area contributed by atoms with Gasteiger partial charge >= 0.3 is 0 Å². The molecule has 0 atom stereocenters. The topological polar surface area (TPSA) is 30.5 Å². The largest absolute Gasteiger partial charge is 0.381 e. The van der Waals surface area contributed by atoms with Crippen molar-refractivity contribution in [2.45, 2.75) is 32.4 Å². The molecule has 0 saturated heterocycles. The lowest BCUT2D eigenvalue weighted by Gasteiger charge is -2.07. The highest BCUT2D eigenvalue weighted by Crippen LogP contribution is 2.28. The molecular formula is C16H25NO2. The van der Waals surface area contributed by atoms with E-state index in [1.165, 1.54) is 24.0 Å². The Kier molecular flexibility index (Phi) is 6.34. The van der Waals surface area contributed by atoms with Gasteiger partial charge in [-0.15, -0.1) is 0 Å². The predicted molar refractivity (Wildman–Crippen MR) is 77.0 cm³/mol. The van der Waals surface area contributed by atoms with Crippen LogP contribution in [0, 0.1) is 5.92 Å². The van der Waals surface area contributed by atoms with Crippen molar-refractivity contribution in [2.75, 3.05) is 26.9 Å². The molecule has 19 heavy (non-hydrogen) atoms. The van der Waals surface area contributed by atoms with Crippen LogP contribution in [0.5, 0.6) is 0 Å². The van der Waals surface area contributed by atoms with Gasteiger partial charge in [0.25, 0.3) is 0 Å². The standard InChI is InChI=1S/C16H25NO2/c1-18-12-16-5-2-4-15(10-16)11-17-8-3-9-19-13-14-6-7-14/h2,4-5,10,14,17H,3,6-9,11-13H2,1H3. The van der Waals surface area contributed by atoms with E-state index in [-0.39, 0.29) is 0 Å². The van der Waals surface area contributed by atoms with Crippen LogP contribution < -0.4 is 5.32 Å². The summed E-state index contributed by atoms with van der Waals surface area (Å²) >= 11 is 0. The van der Waals surface area contributed by atoms with Crippen LogP contribution in [0.15, 0.2) is 24.3 Å². The van der Waals surface area contributed by atoms with Crippen molar-refractivity contribution in [1.82, 2.24) is 5.32 Å². The Labute approximate surface area is 116 Å². The molecule has 3 nitrogen and oxygen atoms in total. The Morgan fingerprint density at radius 1 is 1.26 bits per heavy atom. The molecule has 1 aromatic carbocycles. The third-order valence-corrected chi connectivity index (χ3v) is 3.32. The second-order valence-electron chi connectivity index (χ2n) is 5.30. The molecule has 0 radical (unpaired) electrons. The summed E-state index contributed by atoms with van der Waals surface area (Å²) < 4.78 is 10.7. The molecule has 0 amide bonds.